The van der Waals surface area contributed by atoms with Crippen LogP contribution in [0.1, 0.15) is 24.6 Å². The Morgan fingerprint density at radius 2 is 2.32 bits per heavy atom. The Labute approximate surface area is 123 Å². The average molecular weight is 373 g/mol. The Balaban J connectivity index is 1.87. The molecule has 3 rings (SSSR count). The predicted molar refractivity (Wildman–Crippen MR) is 77.3 cm³/mol. The van der Waals surface area contributed by atoms with Gasteiger partial charge in [-0.1, -0.05) is 5.16 Å². The zero-order valence-corrected chi connectivity index (χ0v) is 12.4. The largest absolute Gasteiger partial charge is 0.334 e. The molecule has 100 valence electrons. The third-order valence-corrected chi connectivity index (χ3v) is 4.16. The average Bonchev–Trinajstić information content (AvgIpc) is 2.89. The monoisotopic (exact) mass is 373 g/mol. The summed E-state index contributed by atoms with van der Waals surface area (Å²) in [6.45, 7) is 1.94. The first-order valence-electron chi connectivity index (χ1n) is 6.24. The second kappa shape index (κ2) is 5.54. The molecule has 0 radical (unpaired) electrons. The number of piperidine rings is 1. The minimum Gasteiger partial charge on any atom is -0.334 e. The van der Waals surface area contributed by atoms with Gasteiger partial charge in [0.25, 0.3) is 5.89 Å². The molecular formula is C13H13FIN3O. The zero-order chi connectivity index (χ0) is 13.2. The van der Waals surface area contributed by atoms with E-state index in [9.17, 15) is 4.39 Å². The number of nitrogens with zero attached hydrogens (tertiary/aromatic N) is 2. The Bertz CT molecular complexity index is 581. The molecule has 1 aliphatic heterocycles. The molecule has 2 heterocycles. The molecule has 0 aliphatic carbocycles. The highest BCUT2D eigenvalue weighted by Gasteiger charge is 2.21. The van der Waals surface area contributed by atoms with E-state index < -0.39 is 0 Å². The molecule has 1 saturated heterocycles. The van der Waals surface area contributed by atoms with Crippen LogP contribution in [0.5, 0.6) is 0 Å². The third-order valence-electron chi connectivity index (χ3n) is 3.27. The maximum atomic E-state index is 13.1. The van der Waals surface area contributed by atoms with Crippen LogP contribution in [0.3, 0.4) is 0 Å². The van der Waals surface area contributed by atoms with Crippen LogP contribution in [0, 0.1) is 9.39 Å². The van der Waals surface area contributed by atoms with Crippen molar-refractivity contribution in [3.8, 4) is 11.5 Å². The fraction of sp³-hybridized carbons (Fsp3) is 0.385. The van der Waals surface area contributed by atoms with Crippen molar-refractivity contribution in [3.63, 3.8) is 0 Å². The first-order chi connectivity index (χ1) is 9.24. The normalized spacial score (nSPS) is 19.6. The van der Waals surface area contributed by atoms with Crippen LogP contribution in [-0.2, 0) is 0 Å². The molecule has 4 nitrogen and oxygen atoms in total. The lowest BCUT2D eigenvalue weighted by atomic mass is 9.99. The standard InChI is InChI=1S/C13H13FIN3O/c14-9-3-4-10(11(15)6-9)13-17-12(18-19-13)8-2-1-5-16-7-8/h3-4,6,8,16H,1-2,5,7H2. The minimum atomic E-state index is -0.260. The van der Waals surface area contributed by atoms with Gasteiger partial charge in [0.15, 0.2) is 5.82 Å². The van der Waals surface area contributed by atoms with Crippen LogP contribution in [-0.4, -0.2) is 23.2 Å². The van der Waals surface area contributed by atoms with Crippen molar-refractivity contribution in [2.24, 2.45) is 0 Å². The van der Waals surface area contributed by atoms with E-state index in [4.69, 9.17) is 4.52 Å². The number of hydrogen-bond donors (Lipinski definition) is 1. The van der Waals surface area contributed by atoms with Crippen LogP contribution in [0.15, 0.2) is 22.7 Å². The Hall–Kier alpha value is -1.02. The highest BCUT2D eigenvalue weighted by atomic mass is 127. The number of halogens is 2. The van der Waals surface area contributed by atoms with Gasteiger partial charge in [0, 0.05) is 16.0 Å². The van der Waals surface area contributed by atoms with Gasteiger partial charge in [-0.15, -0.1) is 0 Å². The van der Waals surface area contributed by atoms with Crippen molar-refractivity contribution in [3.05, 3.63) is 33.4 Å². The van der Waals surface area contributed by atoms with Gasteiger partial charge in [-0.3, -0.25) is 0 Å². The highest BCUT2D eigenvalue weighted by molar-refractivity contribution is 14.1. The number of rotatable bonds is 2. The molecule has 1 fully saturated rings. The molecule has 1 atom stereocenters. The summed E-state index contributed by atoms with van der Waals surface area (Å²) in [5.74, 6) is 1.25. The molecule has 1 N–H and O–H groups in total. The molecule has 0 saturated carbocycles. The van der Waals surface area contributed by atoms with E-state index in [0.29, 0.717) is 11.8 Å². The summed E-state index contributed by atoms with van der Waals surface area (Å²) in [6.07, 6.45) is 2.20. The van der Waals surface area contributed by atoms with Gasteiger partial charge in [-0.25, -0.2) is 4.39 Å². The van der Waals surface area contributed by atoms with Crippen molar-refractivity contribution >= 4 is 22.6 Å². The van der Waals surface area contributed by atoms with Crippen molar-refractivity contribution in [2.75, 3.05) is 13.1 Å². The quantitative estimate of drug-likeness (QED) is 0.823. The molecule has 0 amide bonds. The molecule has 1 aromatic carbocycles. The maximum absolute atomic E-state index is 13.1. The fourth-order valence-electron chi connectivity index (χ4n) is 2.25. The zero-order valence-electron chi connectivity index (χ0n) is 10.2. The van der Waals surface area contributed by atoms with Crippen LogP contribution in [0.2, 0.25) is 0 Å². The van der Waals surface area contributed by atoms with Crippen LogP contribution >= 0.6 is 22.6 Å². The van der Waals surface area contributed by atoms with Gasteiger partial charge in [-0.2, -0.15) is 4.98 Å². The Morgan fingerprint density at radius 3 is 3.05 bits per heavy atom. The second-order valence-electron chi connectivity index (χ2n) is 4.63. The van der Waals surface area contributed by atoms with Crippen molar-refractivity contribution < 1.29 is 8.91 Å². The molecule has 1 unspecified atom stereocenters. The van der Waals surface area contributed by atoms with E-state index in [1.165, 1.54) is 12.1 Å². The van der Waals surface area contributed by atoms with E-state index in [-0.39, 0.29) is 5.82 Å². The van der Waals surface area contributed by atoms with Crippen LogP contribution in [0.25, 0.3) is 11.5 Å². The predicted octanol–water partition coefficient (Wildman–Crippen LogP) is 2.95. The lowest BCUT2D eigenvalue weighted by Crippen LogP contribution is -2.28. The van der Waals surface area contributed by atoms with E-state index in [0.717, 1.165) is 40.9 Å². The molecule has 1 aromatic heterocycles. The Kier molecular flexibility index (Phi) is 3.79. The topological polar surface area (TPSA) is 51.0 Å². The third kappa shape index (κ3) is 2.79. The lowest BCUT2D eigenvalue weighted by Gasteiger charge is -2.19. The number of hydrogen-bond acceptors (Lipinski definition) is 4. The first kappa shape index (κ1) is 13.0. The van der Waals surface area contributed by atoms with E-state index >= 15 is 0 Å². The molecule has 0 bridgehead atoms. The van der Waals surface area contributed by atoms with Gasteiger partial charge in [0.1, 0.15) is 5.82 Å². The maximum Gasteiger partial charge on any atom is 0.259 e. The van der Waals surface area contributed by atoms with Gasteiger partial charge in [0.05, 0.1) is 5.56 Å². The summed E-state index contributed by atoms with van der Waals surface area (Å²) in [5, 5.41) is 7.39. The molecule has 19 heavy (non-hydrogen) atoms. The first-order valence-corrected chi connectivity index (χ1v) is 7.31. The fourth-order valence-corrected chi connectivity index (χ4v) is 2.95. The van der Waals surface area contributed by atoms with E-state index in [1.54, 1.807) is 6.07 Å². The highest BCUT2D eigenvalue weighted by Crippen LogP contribution is 2.27. The molecule has 0 spiro atoms. The number of benzene rings is 1. The summed E-state index contributed by atoms with van der Waals surface area (Å²) >= 11 is 2.07. The van der Waals surface area contributed by atoms with Crippen molar-refractivity contribution in [1.29, 1.82) is 0 Å². The summed E-state index contributed by atoms with van der Waals surface area (Å²) in [6, 6.07) is 4.54. The molecular weight excluding hydrogens is 360 g/mol. The van der Waals surface area contributed by atoms with Crippen molar-refractivity contribution in [1.82, 2.24) is 15.5 Å². The van der Waals surface area contributed by atoms with E-state index in [1.807, 2.05) is 0 Å². The second-order valence-corrected chi connectivity index (χ2v) is 5.79. The Morgan fingerprint density at radius 1 is 1.42 bits per heavy atom. The number of aromatic nitrogens is 2. The smallest absolute Gasteiger partial charge is 0.259 e. The summed E-state index contributed by atoms with van der Waals surface area (Å²) < 4.78 is 19.2. The number of nitrogens with one attached hydrogen (secondary N) is 1. The van der Waals surface area contributed by atoms with Gasteiger partial charge in [0.2, 0.25) is 0 Å². The van der Waals surface area contributed by atoms with Crippen LogP contribution in [0.4, 0.5) is 4.39 Å². The van der Waals surface area contributed by atoms with Crippen molar-refractivity contribution in [2.45, 2.75) is 18.8 Å². The van der Waals surface area contributed by atoms with E-state index in [2.05, 4.69) is 38.0 Å². The molecule has 2 aromatic rings. The molecule has 1 aliphatic rings. The SMILES string of the molecule is Fc1ccc(-c2nc(C3CCCNC3)no2)c(I)c1. The summed E-state index contributed by atoms with van der Waals surface area (Å²) in [4.78, 5) is 4.45. The molecule has 6 heteroatoms. The summed E-state index contributed by atoms with van der Waals surface area (Å²) in [7, 11) is 0. The van der Waals surface area contributed by atoms with Gasteiger partial charge in [-0.05, 0) is 60.2 Å². The summed E-state index contributed by atoms with van der Waals surface area (Å²) in [5.41, 5.74) is 0.782. The van der Waals surface area contributed by atoms with Gasteiger partial charge < -0.3 is 9.84 Å². The van der Waals surface area contributed by atoms with Gasteiger partial charge >= 0.3 is 0 Å². The van der Waals surface area contributed by atoms with Crippen LogP contribution < -0.4 is 5.32 Å². The minimum absolute atomic E-state index is 0.260. The lowest BCUT2D eigenvalue weighted by molar-refractivity contribution is 0.393.